The minimum absolute atomic E-state index is 0.0120. The summed E-state index contributed by atoms with van der Waals surface area (Å²) < 4.78 is 11.7. The number of nitrogens with one attached hydrogen (secondary N) is 1. The highest BCUT2D eigenvalue weighted by atomic mass is 16.5. The summed E-state index contributed by atoms with van der Waals surface area (Å²) >= 11 is 0. The second kappa shape index (κ2) is 10.6. The molecule has 2 aliphatic rings. The van der Waals surface area contributed by atoms with E-state index in [4.69, 9.17) is 9.47 Å². The lowest BCUT2D eigenvalue weighted by molar-refractivity contribution is -0.166. The number of carbonyl (C=O) groups excluding carboxylic acids is 2. The second-order valence-corrected chi connectivity index (χ2v) is 11.5. The van der Waals surface area contributed by atoms with E-state index in [1.54, 1.807) is 16.9 Å². The summed E-state index contributed by atoms with van der Waals surface area (Å²) in [7, 11) is 1.64. The summed E-state index contributed by atoms with van der Waals surface area (Å²) in [5.74, 6) is 1.12. The molecule has 3 heterocycles. The van der Waals surface area contributed by atoms with E-state index in [1.807, 2.05) is 75.4 Å². The van der Waals surface area contributed by atoms with Gasteiger partial charge in [-0.25, -0.2) is 0 Å². The van der Waals surface area contributed by atoms with Gasteiger partial charge >= 0.3 is 0 Å². The van der Waals surface area contributed by atoms with Crippen LogP contribution in [0.25, 0.3) is 10.9 Å². The molecule has 2 amide bonds. The highest BCUT2D eigenvalue weighted by Gasteiger charge is 2.56. The van der Waals surface area contributed by atoms with Crippen LogP contribution in [0.3, 0.4) is 0 Å². The number of aromatic amines is 1. The fraction of sp³-hybridized carbons (Fsp3) is 0.353. The third-order valence-electron chi connectivity index (χ3n) is 8.51. The molecule has 1 N–H and O–H groups in total. The zero-order chi connectivity index (χ0) is 28.7. The highest BCUT2D eigenvalue weighted by molar-refractivity contribution is 6.01. The smallest absolute Gasteiger partial charge is 0.254 e. The Morgan fingerprint density at radius 3 is 2.51 bits per heavy atom. The number of amides is 2. The van der Waals surface area contributed by atoms with Crippen molar-refractivity contribution in [2.75, 3.05) is 26.7 Å². The van der Waals surface area contributed by atoms with Crippen LogP contribution in [0.4, 0.5) is 0 Å². The van der Waals surface area contributed by atoms with Gasteiger partial charge in [-0.1, -0.05) is 54.6 Å². The first-order chi connectivity index (χ1) is 19.8. The lowest BCUT2D eigenvalue weighted by Gasteiger charge is -2.51. The van der Waals surface area contributed by atoms with Crippen LogP contribution >= 0.6 is 0 Å². The third-order valence-corrected chi connectivity index (χ3v) is 8.51. The maximum absolute atomic E-state index is 14.3. The molecule has 41 heavy (non-hydrogen) atoms. The molecule has 6 rings (SSSR count). The maximum atomic E-state index is 14.3. The number of methoxy groups -OCH3 is 1. The van der Waals surface area contributed by atoms with Crippen LogP contribution in [0.5, 0.6) is 11.5 Å². The average Bonchev–Trinajstić information content (AvgIpc) is 3.37. The zero-order valence-corrected chi connectivity index (χ0v) is 24.1. The highest BCUT2D eigenvalue weighted by Crippen LogP contribution is 2.49. The van der Waals surface area contributed by atoms with Crippen molar-refractivity contribution in [3.8, 4) is 11.5 Å². The first-order valence-electron chi connectivity index (χ1n) is 14.4. The number of carbonyl (C=O) groups is 2. The van der Waals surface area contributed by atoms with Gasteiger partial charge in [-0.05, 0) is 68.5 Å². The minimum Gasteiger partial charge on any atom is -0.493 e. The number of piperazine rings is 1. The summed E-state index contributed by atoms with van der Waals surface area (Å²) in [6, 6.07) is 24.4. The number of nitrogens with zero attached hydrogens (tertiary/aromatic N) is 2. The van der Waals surface area contributed by atoms with E-state index in [9.17, 15) is 9.59 Å². The quantitative estimate of drug-likeness (QED) is 0.308. The summed E-state index contributed by atoms with van der Waals surface area (Å²) in [6.45, 7) is 6.91. The van der Waals surface area contributed by atoms with E-state index < -0.39 is 5.54 Å². The largest absolute Gasteiger partial charge is 0.493 e. The molecule has 212 valence electrons. The number of aryl methyl sites for hydroxylation is 1. The SMILES string of the molecule is COc1cc(C2CN3C(=O)CN(CCCc4ccccc4)C(=O)C3(C)c3[nH]c4ccccc4c32)ccc1OC(C)C. The Hall–Kier alpha value is -4.26. The number of rotatable bonds is 8. The molecule has 4 aromatic rings. The molecule has 0 aliphatic carbocycles. The molecule has 0 radical (unpaired) electrons. The molecule has 7 nitrogen and oxygen atoms in total. The lowest BCUT2D eigenvalue weighted by atomic mass is 9.76. The predicted molar refractivity (Wildman–Crippen MR) is 159 cm³/mol. The van der Waals surface area contributed by atoms with Gasteiger partial charge in [-0.2, -0.15) is 0 Å². The van der Waals surface area contributed by atoms with E-state index in [0.29, 0.717) is 24.6 Å². The Balaban J connectivity index is 1.39. The minimum atomic E-state index is -1.11. The molecule has 1 aromatic heterocycles. The third kappa shape index (κ3) is 4.63. The molecular weight excluding hydrogens is 514 g/mol. The molecule has 7 heteroatoms. The molecular formula is C34H37N3O4. The first-order valence-corrected chi connectivity index (χ1v) is 14.4. The number of ether oxygens (including phenoxy) is 2. The van der Waals surface area contributed by atoms with Crippen molar-refractivity contribution in [2.45, 2.75) is 51.2 Å². The molecule has 0 saturated carbocycles. The van der Waals surface area contributed by atoms with Gasteiger partial charge in [-0.3, -0.25) is 9.59 Å². The number of hydrogen-bond donors (Lipinski definition) is 1. The average molecular weight is 552 g/mol. The number of hydrogen-bond acceptors (Lipinski definition) is 4. The van der Waals surface area contributed by atoms with Gasteiger partial charge < -0.3 is 24.3 Å². The summed E-state index contributed by atoms with van der Waals surface area (Å²) in [6.07, 6.45) is 1.67. The van der Waals surface area contributed by atoms with Crippen molar-refractivity contribution in [1.82, 2.24) is 14.8 Å². The Morgan fingerprint density at radius 2 is 1.76 bits per heavy atom. The predicted octanol–water partition coefficient (Wildman–Crippen LogP) is 5.63. The van der Waals surface area contributed by atoms with Crippen LogP contribution in [-0.4, -0.2) is 59.4 Å². The maximum Gasteiger partial charge on any atom is 0.254 e. The summed E-state index contributed by atoms with van der Waals surface area (Å²) in [4.78, 5) is 35.2. The van der Waals surface area contributed by atoms with Crippen LogP contribution in [0.2, 0.25) is 0 Å². The van der Waals surface area contributed by atoms with E-state index in [1.165, 1.54) is 5.56 Å². The van der Waals surface area contributed by atoms with Gasteiger partial charge in [-0.15, -0.1) is 0 Å². The van der Waals surface area contributed by atoms with Gasteiger partial charge in [0, 0.05) is 29.9 Å². The lowest BCUT2D eigenvalue weighted by Crippen LogP contribution is -2.67. The normalized spacial score (nSPS) is 20.4. The fourth-order valence-electron chi connectivity index (χ4n) is 6.53. The first kappa shape index (κ1) is 26.9. The molecule has 0 bridgehead atoms. The molecule has 2 unspecified atom stereocenters. The Kier molecular flexibility index (Phi) is 6.98. The van der Waals surface area contributed by atoms with Crippen molar-refractivity contribution < 1.29 is 19.1 Å². The second-order valence-electron chi connectivity index (χ2n) is 11.5. The molecule has 3 aromatic carbocycles. The number of para-hydroxylation sites is 1. The van der Waals surface area contributed by atoms with Crippen LogP contribution < -0.4 is 9.47 Å². The molecule has 0 spiro atoms. The van der Waals surface area contributed by atoms with Crippen molar-refractivity contribution in [2.24, 2.45) is 0 Å². The monoisotopic (exact) mass is 551 g/mol. The number of fused-ring (bicyclic) bond motifs is 5. The van der Waals surface area contributed by atoms with E-state index in [-0.39, 0.29) is 30.4 Å². The van der Waals surface area contributed by atoms with Gasteiger partial charge in [0.25, 0.3) is 5.91 Å². The molecule has 1 saturated heterocycles. The standard InChI is InChI=1S/C34H37N3O4/c1-22(2)41-28-17-16-24(19-29(28)40-4)26-20-37-30(38)21-36(18-10-13-23-11-6-5-7-12-23)33(39)34(37,3)32-31(26)25-14-8-9-15-27(25)35-32/h5-9,11-12,14-17,19,22,26,35H,10,13,18,20-21H2,1-4H3. The topological polar surface area (TPSA) is 74.9 Å². The van der Waals surface area contributed by atoms with Gasteiger partial charge in [0.15, 0.2) is 17.0 Å². The van der Waals surface area contributed by atoms with Gasteiger partial charge in [0.2, 0.25) is 5.91 Å². The molecule has 2 atom stereocenters. The van der Waals surface area contributed by atoms with Crippen LogP contribution in [0.15, 0.2) is 72.8 Å². The van der Waals surface area contributed by atoms with Crippen LogP contribution in [0.1, 0.15) is 55.5 Å². The number of H-pyrrole nitrogens is 1. The van der Waals surface area contributed by atoms with Crippen molar-refractivity contribution in [3.63, 3.8) is 0 Å². The summed E-state index contributed by atoms with van der Waals surface area (Å²) in [5.41, 5.74) is 3.94. The Bertz CT molecular complexity index is 1590. The Morgan fingerprint density at radius 1 is 1.00 bits per heavy atom. The van der Waals surface area contributed by atoms with E-state index in [2.05, 4.69) is 23.2 Å². The van der Waals surface area contributed by atoms with E-state index >= 15 is 0 Å². The van der Waals surface area contributed by atoms with Crippen LogP contribution in [0, 0.1) is 0 Å². The van der Waals surface area contributed by atoms with Crippen molar-refractivity contribution in [3.05, 3.63) is 95.2 Å². The fourth-order valence-corrected chi connectivity index (χ4v) is 6.53. The summed E-state index contributed by atoms with van der Waals surface area (Å²) in [5, 5.41) is 1.07. The molecule has 2 aliphatic heterocycles. The van der Waals surface area contributed by atoms with Gasteiger partial charge in [0.05, 0.1) is 25.5 Å². The molecule has 1 fully saturated rings. The number of benzene rings is 3. The Labute approximate surface area is 241 Å². The van der Waals surface area contributed by atoms with Crippen molar-refractivity contribution >= 4 is 22.7 Å². The van der Waals surface area contributed by atoms with Crippen molar-refractivity contribution in [1.29, 1.82) is 0 Å². The van der Waals surface area contributed by atoms with Gasteiger partial charge in [0.1, 0.15) is 0 Å². The number of aromatic nitrogens is 1. The van der Waals surface area contributed by atoms with E-state index in [0.717, 1.165) is 40.6 Å². The van der Waals surface area contributed by atoms with Crippen LogP contribution in [-0.2, 0) is 21.5 Å². The zero-order valence-electron chi connectivity index (χ0n) is 24.1.